The maximum Gasteiger partial charge on any atom is 0.376 e. The third-order valence-corrected chi connectivity index (χ3v) is 4.50. The number of hydrogen-bond donors (Lipinski definition) is 0. The zero-order valence-corrected chi connectivity index (χ0v) is 17.1. The largest absolute Gasteiger partial charge is 0.461 e. The Hall–Kier alpha value is -4.07. The SMILES string of the molecule is CCOC(=O)c1nc(C(=O)OCC)c2c(-c3ccccc3)nn(-c3ccccc3)c2n1. The van der Waals surface area contributed by atoms with E-state index in [-0.39, 0.29) is 24.7 Å². The average molecular weight is 416 g/mol. The molecule has 31 heavy (non-hydrogen) atoms. The quantitative estimate of drug-likeness (QED) is 0.441. The average Bonchev–Trinajstić information content (AvgIpc) is 3.19. The molecule has 2 aromatic carbocycles. The molecule has 0 N–H and O–H groups in total. The van der Waals surface area contributed by atoms with Crippen LogP contribution in [0.25, 0.3) is 28.0 Å². The van der Waals surface area contributed by atoms with Crippen molar-refractivity contribution in [2.24, 2.45) is 0 Å². The van der Waals surface area contributed by atoms with Gasteiger partial charge in [0.05, 0.1) is 24.3 Å². The summed E-state index contributed by atoms with van der Waals surface area (Å²) in [6.45, 7) is 3.70. The van der Waals surface area contributed by atoms with Crippen LogP contribution < -0.4 is 0 Å². The molecule has 0 aliphatic carbocycles. The fourth-order valence-corrected chi connectivity index (χ4v) is 3.20. The predicted molar refractivity (Wildman–Crippen MR) is 114 cm³/mol. The molecule has 0 fully saturated rings. The Morgan fingerprint density at radius 1 is 0.839 bits per heavy atom. The molecule has 8 nitrogen and oxygen atoms in total. The van der Waals surface area contributed by atoms with E-state index in [0.717, 1.165) is 11.3 Å². The number of aromatic nitrogens is 4. The van der Waals surface area contributed by atoms with Crippen molar-refractivity contribution in [3.63, 3.8) is 0 Å². The first-order valence-corrected chi connectivity index (χ1v) is 9.89. The number of carbonyl (C=O) groups is 2. The van der Waals surface area contributed by atoms with Gasteiger partial charge < -0.3 is 9.47 Å². The van der Waals surface area contributed by atoms with E-state index in [1.54, 1.807) is 18.5 Å². The molecule has 2 aromatic heterocycles. The van der Waals surface area contributed by atoms with Gasteiger partial charge in [-0.3, -0.25) is 0 Å². The molecule has 0 amide bonds. The molecule has 0 spiro atoms. The molecule has 4 rings (SSSR count). The van der Waals surface area contributed by atoms with Crippen molar-refractivity contribution in [1.29, 1.82) is 0 Å². The topological polar surface area (TPSA) is 96.2 Å². The minimum atomic E-state index is -0.725. The van der Waals surface area contributed by atoms with Gasteiger partial charge in [0.2, 0.25) is 5.82 Å². The summed E-state index contributed by atoms with van der Waals surface area (Å²) >= 11 is 0. The molecule has 4 aromatic rings. The van der Waals surface area contributed by atoms with Crippen LogP contribution in [0.3, 0.4) is 0 Å². The molecule has 8 heteroatoms. The molecular formula is C23H20N4O4. The number of fused-ring (bicyclic) bond motifs is 1. The summed E-state index contributed by atoms with van der Waals surface area (Å²) in [7, 11) is 0. The Kier molecular flexibility index (Phi) is 5.70. The van der Waals surface area contributed by atoms with Gasteiger partial charge >= 0.3 is 11.9 Å². The van der Waals surface area contributed by atoms with Gasteiger partial charge in [-0.25, -0.2) is 24.2 Å². The van der Waals surface area contributed by atoms with Crippen molar-refractivity contribution < 1.29 is 19.1 Å². The van der Waals surface area contributed by atoms with Crippen molar-refractivity contribution in [3.8, 4) is 16.9 Å². The lowest BCUT2D eigenvalue weighted by atomic mass is 10.1. The van der Waals surface area contributed by atoms with Crippen LogP contribution in [0.15, 0.2) is 60.7 Å². The van der Waals surface area contributed by atoms with Crippen molar-refractivity contribution in [2.75, 3.05) is 13.2 Å². The highest BCUT2D eigenvalue weighted by molar-refractivity contribution is 6.08. The Labute approximate surface area is 178 Å². The number of esters is 2. The highest BCUT2D eigenvalue weighted by Crippen LogP contribution is 2.31. The third kappa shape index (κ3) is 3.87. The van der Waals surface area contributed by atoms with Crippen LogP contribution in [0.4, 0.5) is 0 Å². The smallest absolute Gasteiger partial charge is 0.376 e. The maximum atomic E-state index is 12.8. The van der Waals surface area contributed by atoms with Crippen LogP contribution in [0.1, 0.15) is 35.0 Å². The van der Waals surface area contributed by atoms with Crippen molar-refractivity contribution in [3.05, 3.63) is 72.2 Å². The Morgan fingerprint density at radius 2 is 1.45 bits per heavy atom. The van der Waals surface area contributed by atoms with Gasteiger partial charge in [0.25, 0.3) is 0 Å². The van der Waals surface area contributed by atoms with Crippen molar-refractivity contribution in [1.82, 2.24) is 19.7 Å². The molecule has 0 aliphatic heterocycles. The van der Waals surface area contributed by atoms with E-state index in [0.29, 0.717) is 16.7 Å². The molecule has 156 valence electrons. The van der Waals surface area contributed by atoms with E-state index in [2.05, 4.69) is 9.97 Å². The summed E-state index contributed by atoms with van der Waals surface area (Å²) in [5, 5.41) is 5.14. The minimum absolute atomic E-state index is 0.0315. The van der Waals surface area contributed by atoms with Gasteiger partial charge in [0.15, 0.2) is 11.3 Å². The summed E-state index contributed by atoms with van der Waals surface area (Å²) in [4.78, 5) is 33.9. The van der Waals surface area contributed by atoms with E-state index in [1.165, 1.54) is 0 Å². The van der Waals surface area contributed by atoms with E-state index in [4.69, 9.17) is 14.6 Å². The summed E-state index contributed by atoms with van der Waals surface area (Å²) in [5.41, 5.74) is 2.29. The lowest BCUT2D eigenvalue weighted by Crippen LogP contribution is -2.16. The maximum absolute atomic E-state index is 12.8. The lowest BCUT2D eigenvalue weighted by molar-refractivity contribution is 0.0507. The number of rotatable bonds is 6. The summed E-state index contributed by atoms with van der Waals surface area (Å²) in [5.74, 6) is -1.61. The van der Waals surface area contributed by atoms with Crippen molar-refractivity contribution in [2.45, 2.75) is 13.8 Å². The minimum Gasteiger partial charge on any atom is -0.461 e. The second-order valence-corrected chi connectivity index (χ2v) is 6.50. The van der Waals surface area contributed by atoms with Crippen molar-refractivity contribution >= 4 is 23.0 Å². The number of hydrogen-bond acceptors (Lipinski definition) is 7. The number of ether oxygens (including phenoxy) is 2. The molecule has 0 radical (unpaired) electrons. The van der Waals surface area contributed by atoms with Gasteiger partial charge in [0, 0.05) is 5.56 Å². The number of nitrogens with zero attached hydrogens (tertiary/aromatic N) is 4. The fourth-order valence-electron chi connectivity index (χ4n) is 3.20. The van der Waals surface area contributed by atoms with Crippen LogP contribution in [0, 0.1) is 0 Å². The first-order chi connectivity index (χ1) is 15.1. The van der Waals surface area contributed by atoms with Gasteiger partial charge in [-0.2, -0.15) is 5.10 Å². The molecule has 0 bridgehead atoms. The van der Waals surface area contributed by atoms with Crippen LogP contribution in [0.5, 0.6) is 0 Å². The first-order valence-electron chi connectivity index (χ1n) is 9.89. The standard InChI is InChI=1S/C23H20N4O4/c1-3-30-22(28)19-17-18(15-11-7-5-8-12-15)26-27(16-13-9-6-10-14-16)21(17)25-20(24-19)23(29)31-4-2/h5-14H,3-4H2,1-2H3. The van der Waals surface area contributed by atoms with Gasteiger partial charge in [-0.05, 0) is 26.0 Å². The van der Waals surface area contributed by atoms with Gasteiger partial charge in [0.1, 0.15) is 5.69 Å². The second kappa shape index (κ2) is 8.74. The Bertz CT molecular complexity index is 1240. The molecule has 0 atom stereocenters. The predicted octanol–water partition coefficient (Wildman–Crippen LogP) is 3.84. The zero-order valence-electron chi connectivity index (χ0n) is 17.1. The molecule has 0 saturated carbocycles. The molecule has 0 unspecified atom stereocenters. The molecule has 0 aliphatic rings. The fraction of sp³-hybridized carbons (Fsp3) is 0.174. The van der Waals surface area contributed by atoms with Gasteiger partial charge in [-0.15, -0.1) is 0 Å². The van der Waals surface area contributed by atoms with E-state index >= 15 is 0 Å². The number of para-hydroxylation sites is 1. The van der Waals surface area contributed by atoms with Crippen LogP contribution >= 0.6 is 0 Å². The normalized spacial score (nSPS) is 10.8. The molecule has 0 saturated heterocycles. The summed E-state index contributed by atoms with van der Waals surface area (Å²) < 4.78 is 11.9. The molecule has 2 heterocycles. The van der Waals surface area contributed by atoms with E-state index < -0.39 is 11.9 Å². The second-order valence-electron chi connectivity index (χ2n) is 6.50. The van der Waals surface area contributed by atoms with E-state index in [1.807, 2.05) is 60.7 Å². The monoisotopic (exact) mass is 416 g/mol. The Balaban J connectivity index is 2.08. The number of carbonyl (C=O) groups excluding carboxylic acids is 2. The molecular weight excluding hydrogens is 396 g/mol. The lowest BCUT2D eigenvalue weighted by Gasteiger charge is -2.07. The van der Waals surface area contributed by atoms with Gasteiger partial charge in [-0.1, -0.05) is 48.5 Å². The first kappa shape index (κ1) is 20.2. The Morgan fingerprint density at radius 3 is 2.10 bits per heavy atom. The summed E-state index contributed by atoms with van der Waals surface area (Å²) in [6, 6.07) is 18.7. The summed E-state index contributed by atoms with van der Waals surface area (Å²) in [6.07, 6.45) is 0. The third-order valence-electron chi connectivity index (χ3n) is 4.50. The van der Waals surface area contributed by atoms with Crippen LogP contribution in [-0.2, 0) is 9.47 Å². The number of benzene rings is 2. The van der Waals surface area contributed by atoms with E-state index in [9.17, 15) is 9.59 Å². The zero-order chi connectivity index (χ0) is 21.8. The highest BCUT2D eigenvalue weighted by Gasteiger charge is 2.27. The van der Waals surface area contributed by atoms with Crippen LogP contribution in [0.2, 0.25) is 0 Å². The van der Waals surface area contributed by atoms with Crippen LogP contribution in [-0.4, -0.2) is 44.9 Å². The highest BCUT2D eigenvalue weighted by atomic mass is 16.5.